The van der Waals surface area contributed by atoms with Gasteiger partial charge in [-0.25, -0.2) is 4.39 Å². The molecule has 1 aliphatic carbocycles. The highest BCUT2D eigenvalue weighted by Crippen LogP contribution is 2.31. The van der Waals surface area contributed by atoms with Crippen LogP contribution in [-0.2, 0) is 6.42 Å². The lowest BCUT2D eigenvalue weighted by molar-refractivity contribution is 0.152. The van der Waals surface area contributed by atoms with E-state index in [1.54, 1.807) is 12.1 Å². The first-order chi connectivity index (χ1) is 10.2. The average molecular weight is 290 g/mol. The lowest BCUT2D eigenvalue weighted by Gasteiger charge is -2.34. The van der Waals surface area contributed by atoms with Crippen LogP contribution in [0.3, 0.4) is 0 Å². The molecule has 1 aromatic carbocycles. The van der Waals surface area contributed by atoms with E-state index in [1.807, 2.05) is 12.1 Å². The van der Waals surface area contributed by atoms with Gasteiger partial charge in [0.2, 0.25) is 0 Å². The zero-order valence-corrected chi connectivity index (χ0v) is 13.0. The summed E-state index contributed by atoms with van der Waals surface area (Å²) < 4.78 is 13.9. The maximum absolute atomic E-state index is 13.9. The van der Waals surface area contributed by atoms with E-state index in [1.165, 1.54) is 38.8 Å². The Morgan fingerprint density at radius 3 is 2.76 bits per heavy atom. The maximum atomic E-state index is 13.9. The highest BCUT2D eigenvalue weighted by atomic mass is 19.1. The molecule has 0 bridgehead atoms. The Bertz CT molecular complexity index is 452. The lowest BCUT2D eigenvalue weighted by Crippen LogP contribution is -2.44. The second-order valence-corrected chi connectivity index (χ2v) is 6.78. The molecule has 2 unspecified atom stereocenters. The summed E-state index contributed by atoms with van der Waals surface area (Å²) in [5.41, 5.74) is 0.859. The first-order valence-corrected chi connectivity index (χ1v) is 8.44. The highest BCUT2D eigenvalue weighted by molar-refractivity contribution is 5.18. The van der Waals surface area contributed by atoms with Crippen LogP contribution in [0.4, 0.5) is 4.39 Å². The molecule has 3 heteroatoms. The molecule has 1 saturated carbocycles. The van der Waals surface area contributed by atoms with Gasteiger partial charge in [-0.15, -0.1) is 0 Å². The molecular formula is C18H27FN2. The van der Waals surface area contributed by atoms with E-state index in [0.29, 0.717) is 6.04 Å². The first kappa shape index (κ1) is 15.0. The minimum absolute atomic E-state index is 0.0561. The van der Waals surface area contributed by atoms with Crippen molar-refractivity contribution in [2.45, 2.75) is 51.1 Å². The number of hydrogen-bond donors (Lipinski definition) is 1. The molecule has 1 aliphatic heterocycles. The smallest absolute Gasteiger partial charge is 0.126 e. The van der Waals surface area contributed by atoms with E-state index in [0.717, 1.165) is 30.5 Å². The number of nitrogens with one attached hydrogen (secondary N) is 1. The zero-order chi connectivity index (χ0) is 14.7. The van der Waals surface area contributed by atoms with Gasteiger partial charge in [0, 0.05) is 18.6 Å². The maximum Gasteiger partial charge on any atom is 0.126 e. The van der Waals surface area contributed by atoms with Crippen LogP contribution in [0.5, 0.6) is 0 Å². The molecule has 1 heterocycles. The largest absolute Gasteiger partial charge is 0.316 e. The SMILES string of the molecule is CC(Cc1ccccc1F)N(CC1CCCNC1)C1CC1. The van der Waals surface area contributed by atoms with Crippen LogP contribution in [0.25, 0.3) is 0 Å². The van der Waals surface area contributed by atoms with Crippen molar-refractivity contribution >= 4 is 0 Å². The van der Waals surface area contributed by atoms with Crippen LogP contribution in [0, 0.1) is 11.7 Å². The standard InChI is InChI=1S/C18H27FN2/c1-14(11-16-6-2-3-7-18(16)19)21(17-8-9-17)13-15-5-4-10-20-12-15/h2-3,6-7,14-15,17,20H,4-5,8-13H2,1H3. The molecule has 21 heavy (non-hydrogen) atoms. The first-order valence-electron chi connectivity index (χ1n) is 8.44. The third-order valence-electron chi connectivity index (χ3n) is 4.92. The summed E-state index contributed by atoms with van der Waals surface area (Å²) in [4.78, 5) is 2.64. The van der Waals surface area contributed by atoms with E-state index >= 15 is 0 Å². The summed E-state index contributed by atoms with van der Waals surface area (Å²) >= 11 is 0. The molecule has 0 spiro atoms. The molecular weight excluding hydrogens is 263 g/mol. The van der Waals surface area contributed by atoms with Gasteiger partial charge < -0.3 is 5.32 Å². The monoisotopic (exact) mass is 290 g/mol. The topological polar surface area (TPSA) is 15.3 Å². The molecule has 1 N–H and O–H groups in total. The van der Waals surface area contributed by atoms with Gasteiger partial charge in [-0.05, 0) is 69.7 Å². The molecule has 2 nitrogen and oxygen atoms in total. The predicted octanol–water partition coefficient (Wildman–Crippen LogP) is 3.22. The Labute approximate surface area is 127 Å². The van der Waals surface area contributed by atoms with Crippen LogP contribution < -0.4 is 5.32 Å². The third kappa shape index (κ3) is 4.04. The van der Waals surface area contributed by atoms with Crippen molar-refractivity contribution in [3.63, 3.8) is 0 Å². The Kier molecular flexibility index (Phi) is 4.91. The van der Waals surface area contributed by atoms with E-state index in [2.05, 4.69) is 17.1 Å². The number of hydrogen-bond acceptors (Lipinski definition) is 2. The molecule has 116 valence electrons. The molecule has 1 saturated heterocycles. The van der Waals surface area contributed by atoms with Crippen molar-refractivity contribution in [2.24, 2.45) is 5.92 Å². The van der Waals surface area contributed by atoms with E-state index in [9.17, 15) is 4.39 Å². The molecule has 2 atom stereocenters. The van der Waals surface area contributed by atoms with Gasteiger partial charge in [-0.2, -0.15) is 0 Å². The van der Waals surface area contributed by atoms with Crippen LogP contribution in [0.2, 0.25) is 0 Å². The number of nitrogens with zero attached hydrogens (tertiary/aromatic N) is 1. The van der Waals surface area contributed by atoms with Crippen LogP contribution in [0.15, 0.2) is 24.3 Å². The Morgan fingerprint density at radius 1 is 1.29 bits per heavy atom. The molecule has 0 aromatic heterocycles. The Hall–Kier alpha value is -0.930. The number of rotatable bonds is 6. The van der Waals surface area contributed by atoms with Gasteiger partial charge in [-0.1, -0.05) is 18.2 Å². The number of benzene rings is 1. The lowest BCUT2D eigenvalue weighted by atomic mass is 9.97. The van der Waals surface area contributed by atoms with E-state index in [-0.39, 0.29) is 5.82 Å². The van der Waals surface area contributed by atoms with Gasteiger partial charge >= 0.3 is 0 Å². The predicted molar refractivity (Wildman–Crippen MR) is 84.9 cm³/mol. The molecule has 0 amide bonds. The van der Waals surface area contributed by atoms with Crippen molar-refractivity contribution in [1.29, 1.82) is 0 Å². The van der Waals surface area contributed by atoms with Crippen molar-refractivity contribution in [3.8, 4) is 0 Å². The van der Waals surface area contributed by atoms with Gasteiger partial charge in [0.15, 0.2) is 0 Å². The molecule has 2 aliphatic rings. The summed E-state index contributed by atoms with van der Waals surface area (Å²) in [7, 11) is 0. The fourth-order valence-corrected chi connectivity index (χ4v) is 3.57. The summed E-state index contributed by atoms with van der Waals surface area (Å²) in [6, 6.07) is 8.39. The quantitative estimate of drug-likeness (QED) is 0.865. The molecule has 1 aromatic rings. The number of halogens is 1. The zero-order valence-electron chi connectivity index (χ0n) is 13.0. The van der Waals surface area contributed by atoms with Crippen LogP contribution >= 0.6 is 0 Å². The minimum atomic E-state index is -0.0561. The summed E-state index contributed by atoms with van der Waals surface area (Å²) in [5, 5.41) is 3.51. The van der Waals surface area contributed by atoms with Crippen molar-refractivity contribution in [3.05, 3.63) is 35.6 Å². The molecule has 2 fully saturated rings. The van der Waals surface area contributed by atoms with Gasteiger partial charge in [0.1, 0.15) is 5.82 Å². The number of piperidine rings is 1. The van der Waals surface area contributed by atoms with Crippen molar-refractivity contribution < 1.29 is 4.39 Å². The van der Waals surface area contributed by atoms with Gasteiger partial charge in [0.05, 0.1) is 0 Å². The Balaban J connectivity index is 1.61. The summed E-state index contributed by atoms with van der Waals surface area (Å²) in [6.45, 7) is 5.76. The van der Waals surface area contributed by atoms with Crippen molar-refractivity contribution in [2.75, 3.05) is 19.6 Å². The fraction of sp³-hybridized carbons (Fsp3) is 0.667. The average Bonchev–Trinajstić information content (AvgIpc) is 3.33. The highest BCUT2D eigenvalue weighted by Gasteiger charge is 2.34. The summed E-state index contributed by atoms with van der Waals surface area (Å²) in [6.07, 6.45) is 6.10. The third-order valence-corrected chi connectivity index (χ3v) is 4.92. The normalized spacial score (nSPS) is 24.2. The van der Waals surface area contributed by atoms with Gasteiger partial charge in [-0.3, -0.25) is 4.90 Å². The van der Waals surface area contributed by atoms with E-state index < -0.39 is 0 Å². The van der Waals surface area contributed by atoms with Crippen molar-refractivity contribution in [1.82, 2.24) is 10.2 Å². The second-order valence-electron chi connectivity index (χ2n) is 6.78. The minimum Gasteiger partial charge on any atom is -0.316 e. The van der Waals surface area contributed by atoms with E-state index in [4.69, 9.17) is 0 Å². The second kappa shape index (κ2) is 6.89. The fourth-order valence-electron chi connectivity index (χ4n) is 3.57. The molecule has 0 radical (unpaired) electrons. The Morgan fingerprint density at radius 2 is 2.10 bits per heavy atom. The van der Waals surface area contributed by atoms with Gasteiger partial charge in [0.25, 0.3) is 0 Å². The van der Waals surface area contributed by atoms with Crippen LogP contribution in [0.1, 0.15) is 38.2 Å². The molecule has 3 rings (SSSR count). The summed E-state index contributed by atoms with van der Waals surface area (Å²) in [5.74, 6) is 0.710. The van der Waals surface area contributed by atoms with Crippen LogP contribution in [-0.4, -0.2) is 36.6 Å².